The highest BCUT2D eigenvalue weighted by Gasteiger charge is 2.19. The lowest BCUT2D eigenvalue weighted by molar-refractivity contribution is 0.369. The van der Waals surface area contributed by atoms with E-state index in [1.54, 1.807) is 0 Å². The smallest absolute Gasteiger partial charge is 0.348 e. The first-order chi connectivity index (χ1) is 13.5. The van der Waals surface area contributed by atoms with Crippen molar-refractivity contribution < 1.29 is 9.05 Å². The SMILES string of the molecule is C.C.C.CC(C)(C)c1nc(=S)o[nH]1.CC(C)(C)c1noc(=O)[nH]1.CC(C)(C)c1nsc(=O)[nH]1. The lowest BCUT2D eigenvalue weighted by Crippen LogP contribution is -2.14. The van der Waals surface area contributed by atoms with Crippen LogP contribution >= 0.6 is 23.8 Å². The molecule has 3 aromatic heterocycles. The molecule has 0 bridgehead atoms. The number of aromatic nitrogens is 6. The summed E-state index contributed by atoms with van der Waals surface area (Å²) in [5, 5.41) is 6.20. The highest BCUT2D eigenvalue weighted by Crippen LogP contribution is 2.17. The van der Waals surface area contributed by atoms with Crippen molar-refractivity contribution in [2.75, 3.05) is 0 Å². The minimum atomic E-state index is -0.495. The Morgan fingerprint density at radius 1 is 0.788 bits per heavy atom. The monoisotopic (exact) mass is 506 g/mol. The number of H-pyrrole nitrogens is 3. The second-order valence-corrected chi connectivity index (χ2v) is 10.7. The predicted octanol–water partition coefficient (Wildman–Crippen LogP) is 5.73. The van der Waals surface area contributed by atoms with Gasteiger partial charge in [-0.3, -0.25) is 19.3 Å². The van der Waals surface area contributed by atoms with Gasteiger partial charge in [-0.1, -0.05) is 89.8 Å². The van der Waals surface area contributed by atoms with Gasteiger partial charge in [-0.25, -0.2) is 9.95 Å². The molecule has 0 unspecified atom stereocenters. The third kappa shape index (κ3) is 12.5. The van der Waals surface area contributed by atoms with Crippen LogP contribution in [0, 0.1) is 4.84 Å². The minimum Gasteiger partial charge on any atom is -0.348 e. The molecule has 3 rings (SSSR count). The molecule has 0 aliphatic heterocycles. The molecule has 3 N–H and O–H groups in total. The Hall–Kier alpha value is -2.34. The molecular formula is C21H42N6O4S2. The Labute approximate surface area is 205 Å². The van der Waals surface area contributed by atoms with Gasteiger partial charge in [0.05, 0.1) is 0 Å². The van der Waals surface area contributed by atoms with Crippen LogP contribution in [-0.4, -0.2) is 29.6 Å². The van der Waals surface area contributed by atoms with E-state index in [4.69, 9.17) is 16.7 Å². The number of aromatic amines is 3. The molecule has 3 aromatic rings. The van der Waals surface area contributed by atoms with Crippen molar-refractivity contribution >= 4 is 23.8 Å². The van der Waals surface area contributed by atoms with E-state index in [-0.39, 0.29) is 48.2 Å². The summed E-state index contributed by atoms with van der Waals surface area (Å²) < 4.78 is 13.1. The van der Waals surface area contributed by atoms with Gasteiger partial charge in [0, 0.05) is 27.8 Å². The zero-order chi connectivity index (χ0) is 23.3. The molecule has 33 heavy (non-hydrogen) atoms. The Bertz CT molecular complexity index is 943. The molecule has 0 atom stereocenters. The molecule has 0 fully saturated rings. The van der Waals surface area contributed by atoms with E-state index in [1.165, 1.54) is 0 Å². The van der Waals surface area contributed by atoms with Crippen molar-refractivity contribution in [3.8, 4) is 0 Å². The highest BCUT2D eigenvalue weighted by atomic mass is 32.1. The van der Waals surface area contributed by atoms with Crippen molar-refractivity contribution in [1.29, 1.82) is 0 Å². The summed E-state index contributed by atoms with van der Waals surface area (Å²) in [5.41, 5.74) is -0.202. The van der Waals surface area contributed by atoms with Gasteiger partial charge in [-0.05, 0) is 12.2 Å². The van der Waals surface area contributed by atoms with Crippen LogP contribution in [0.25, 0.3) is 0 Å². The van der Waals surface area contributed by atoms with Crippen LogP contribution in [0.3, 0.4) is 0 Å². The topological polar surface area (TPSA) is 146 Å². The van der Waals surface area contributed by atoms with Crippen LogP contribution < -0.4 is 10.6 Å². The normalized spacial score (nSPS) is 10.8. The van der Waals surface area contributed by atoms with E-state index in [9.17, 15) is 9.59 Å². The van der Waals surface area contributed by atoms with Crippen LogP contribution in [0.5, 0.6) is 0 Å². The largest absolute Gasteiger partial charge is 0.438 e. The summed E-state index contributed by atoms with van der Waals surface area (Å²) >= 11 is 5.66. The van der Waals surface area contributed by atoms with E-state index in [1.807, 2.05) is 62.3 Å². The van der Waals surface area contributed by atoms with E-state index >= 15 is 0 Å². The van der Waals surface area contributed by atoms with E-state index in [2.05, 4.69) is 34.2 Å². The Kier molecular flexibility index (Phi) is 14.3. The van der Waals surface area contributed by atoms with Gasteiger partial charge < -0.3 is 4.52 Å². The molecule has 0 radical (unpaired) electrons. The fourth-order valence-corrected chi connectivity index (χ4v) is 2.43. The summed E-state index contributed by atoms with van der Waals surface area (Å²) in [7, 11) is 0. The van der Waals surface area contributed by atoms with Crippen molar-refractivity contribution in [2.45, 2.75) is 101 Å². The summed E-state index contributed by atoms with van der Waals surface area (Å²) in [4.78, 5) is 30.4. The van der Waals surface area contributed by atoms with Crippen LogP contribution in [0.4, 0.5) is 0 Å². The van der Waals surface area contributed by atoms with Crippen LogP contribution in [0.2, 0.25) is 0 Å². The number of hydrogen-bond acceptors (Lipinski definition) is 9. The molecule has 0 saturated heterocycles. The van der Waals surface area contributed by atoms with Gasteiger partial charge in [0.1, 0.15) is 11.6 Å². The van der Waals surface area contributed by atoms with E-state index in [0.717, 1.165) is 23.2 Å². The zero-order valence-corrected chi connectivity index (χ0v) is 20.4. The third-order valence-electron chi connectivity index (χ3n) is 3.45. The Balaban J connectivity index is -0.000000391. The summed E-state index contributed by atoms with van der Waals surface area (Å²) in [6, 6.07) is 0. The van der Waals surface area contributed by atoms with Crippen LogP contribution in [0.15, 0.2) is 18.6 Å². The second-order valence-electron chi connectivity index (χ2n) is 9.57. The van der Waals surface area contributed by atoms with Crippen molar-refractivity contribution in [3.05, 3.63) is 42.5 Å². The van der Waals surface area contributed by atoms with Crippen molar-refractivity contribution in [1.82, 2.24) is 29.6 Å². The average Bonchev–Trinajstić information content (AvgIpc) is 3.27. The minimum absolute atomic E-state index is 0. The van der Waals surface area contributed by atoms with Crippen molar-refractivity contribution in [3.63, 3.8) is 0 Å². The van der Waals surface area contributed by atoms with Gasteiger partial charge in [-0.15, -0.1) is 0 Å². The molecule has 3 heterocycles. The van der Waals surface area contributed by atoms with Crippen LogP contribution in [0.1, 0.15) is 102 Å². The number of rotatable bonds is 0. The molecule has 0 amide bonds. The second kappa shape index (κ2) is 13.4. The number of hydrogen-bond donors (Lipinski definition) is 3. The summed E-state index contributed by atoms with van der Waals surface area (Å²) in [5.74, 6) is 1.64. The predicted molar refractivity (Wildman–Crippen MR) is 138 cm³/mol. The van der Waals surface area contributed by atoms with Gasteiger partial charge in [0.15, 0.2) is 5.82 Å². The van der Waals surface area contributed by atoms with Crippen LogP contribution in [-0.2, 0) is 16.2 Å². The first kappa shape index (κ1) is 35.3. The van der Waals surface area contributed by atoms with Crippen molar-refractivity contribution in [2.24, 2.45) is 0 Å². The molecule has 0 spiro atoms. The summed E-state index contributed by atoms with van der Waals surface area (Å²) in [6.07, 6.45) is 0. The maximum atomic E-state index is 10.6. The quantitative estimate of drug-likeness (QED) is 0.328. The van der Waals surface area contributed by atoms with Gasteiger partial charge in [0.25, 0.3) is 0 Å². The maximum absolute atomic E-state index is 10.6. The molecular weight excluding hydrogens is 464 g/mol. The van der Waals surface area contributed by atoms with E-state index in [0.29, 0.717) is 5.82 Å². The number of nitrogens with one attached hydrogen (secondary N) is 3. The fourth-order valence-electron chi connectivity index (χ4n) is 1.66. The lowest BCUT2D eigenvalue weighted by atomic mass is 9.96. The summed E-state index contributed by atoms with van der Waals surface area (Å²) in [6.45, 7) is 18.0. The maximum Gasteiger partial charge on any atom is 0.438 e. The third-order valence-corrected chi connectivity index (χ3v) is 4.17. The van der Waals surface area contributed by atoms with Gasteiger partial charge >= 0.3 is 15.5 Å². The van der Waals surface area contributed by atoms with Gasteiger partial charge in [-0.2, -0.15) is 9.36 Å². The fraction of sp³-hybridized carbons (Fsp3) is 0.714. The average molecular weight is 507 g/mol. The molecule has 0 aliphatic carbocycles. The molecule has 192 valence electrons. The first-order valence-electron chi connectivity index (χ1n) is 9.19. The highest BCUT2D eigenvalue weighted by molar-refractivity contribution is 7.71. The lowest BCUT2D eigenvalue weighted by Gasteiger charge is -2.12. The molecule has 0 aromatic carbocycles. The van der Waals surface area contributed by atoms with E-state index < -0.39 is 5.76 Å². The Morgan fingerprint density at radius 3 is 1.45 bits per heavy atom. The Morgan fingerprint density at radius 2 is 1.27 bits per heavy atom. The molecule has 0 saturated carbocycles. The molecule has 0 aliphatic rings. The standard InChI is InChI=1S/C6H10N2O2.2C6H10N2OS.3CH4/c2*1-6(2,3)4-7-5(9)10-8-4;1-6(2,3)4-7-5(10)9-8-4;;;/h2*1-3H3,(H,7,8,9);1-3H3,(H,7,8,10);3*1H4. The molecule has 12 heteroatoms. The first-order valence-corrected chi connectivity index (χ1v) is 10.4. The van der Waals surface area contributed by atoms with Gasteiger partial charge in [0.2, 0.25) is 0 Å². The molecule has 10 nitrogen and oxygen atoms in total. The number of nitrogens with zero attached hydrogens (tertiary/aromatic N) is 3. The zero-order valence-electron chi connectivity index (χ0n) is 18.8.